The maximum absolute atomic E-state index is 9.65. The first-order chi connectivity index (χ1) is 5.56. The van der Waals surface area contributed by atoms with Gasteiger partial charge in [0, 0.05) is 0 Å². The first-order valence-electron chi connectivity index (χ1n) is 3.83. The Labute approximate surface area is 73.0 Å². The molecule has 1 N–H and O–H groups in total. The van der Waals surface area contributed by atoms with E-state index in [0.717, 1.165) is 11.1 Å². The Morgan fingerprint density at radius 3 is 2.25 bits per heavy atom. The summed E-state index contributed by atoms with van der Waals surface area (Å²) in [5, 5.41) is 9.65. The molecule has 0 amide bonds. The second-order valence-electron chi connectivity index (χ2n) is 3.08. The largest absolute Gasteiger partial charge is 0.374 e. The molecule has 0 heterocycles. The first kappa shape index (κ1) is 8.83. The summed E-state index contributed by atoms with van der Waals surface area (Å²) < 4.78 is 0. The minimum absolute atomic E-state index is 0.760. The van der Waals surface area contributed by atoms with Crippen molar-refractivity contribution in [2.45, 2.75) is 19.4 Å². The molecule has 0 bridgehead atoms. The van der Waals surface area contributed by atoms with E-state index >= 15 is 0 Å². The van der Waals surface area contributed by atoms with Crippen LogP contribution >= 0.6 is 0 Å². The topological polar surface area (TPSA) is 20.2 Å². The van der Waals surface area contributed by atoms with Crippen LogP contribution in [0.3, 0.4) is 0 Å². The predicted octanol–water partition coefficient (Wildman–Crippen LogP) is 1.84. The average molecular weight is 160 g/mol. The van der Waals surface area contributed by atoms with Gasteiger partial charge in [0.25, 0.3) is 0 Å². The molecule has 12 heavy (non-hydrogen) atoms. The van der Waals surface area contributed by atoms with Crippen LogP contribution in [0.4, 0.5) is 0 Å². The van der Waals surface area contributed by atoms with Crippen molar-refractivity contribution >= 4 is 0 Å². The lowest BCUT2D eigenvalue weighted by Crippen LogP contribution is -2.17. The summed E-state index contributed by atoms with van der Waals surface area (Å²) in [5.74, 6) is 2.33. The van der Waals surface area contributed by atoms with Crippen LogP contribution in [-0.4, -0.2) is 5.11 Å². The molecule has 0 aliphatic carbocycles. The molecular weight excluding hydrogens is 148 g/mol. The van der Waals surface area contributed by atoms with Crippen molar-refractivity contribution in [1.82, 2.24) is 0 Å². The lowest BCUT2D eigenvalue weighted by atomic mass is 9.96. The Balaban J connectivity index is 3.07. The third kappa shape index (κ3) is 1.66. The normalized spacial score (nSPS) is 14.8. The molecule has 1 heteroatoms. The van der Waals surface area contributed by atoms with Gasteiger partial charge < -0.3 is 5.11 Å². The second-order valence-corrected chi connectivity index (χ2v) is 3.08. The number of rotatable bonds is 1. The highest BCUT2D eigenvalue weighted by Gasteiger charge is 2.18. The maximum atomic E-state index is 9.65. The minimum atomic E-state index is -1.15. The zero-order chi connectivity index (χ0) is 9.19. The molecular formula is C11H12O. The van der Waals surface area contributed by atoms with E-state index in [0.29, 0.717) is 0 Å². The number of terminal acetylenes is 1. The number of hydrogen-bond donors (Lipinski definition) is 1. The standard InChI is InChI=1S/C11H12O/c1-4-11(3,12)10-7-5-9(2)6-8-10/h1,5-8,12H,2-3H3/t11-/m0/s1. The van der Waals surface area contributed by atoms with E-state index in [1.807, 2.05) is 31.2 Å². The summed E-state index contributed by atoms with van der Waals surface area (Å²) in [4.78, 5) is 0. The highest BCUT2D eigenvalue weighted by atomic mass is 16.3. The highest BCUT2D eigenvalue weighted by molar-refractivity contribution is 5.31. The van der Waals surface area contributed by atoms with Crippen molar-refractivity contribution in [3.05, 3.63) is 35.4 Å². The third-order valence-electron chi connectivity index (χ3n) is 1.89. The Hall–Kier alpha value is -1.26. The molecule has 0 aromatic heterocycles. The number of benzene rings is 1. The van der Waals surface area contributed by atoms with Gasteiger partial charge in [-0.15, -0.1) is 6.42 Å². The van der Waals surface area contributed by atoms with Gasteiger partial charge in [-0.3, -0.25) is 0 Å². The molecule has 0 aliphatic heterocycles. The lowest BCUT2D eigenvalue weighted by Gasteiger charge is -2.16. The summed E-state index contributed by atoms with van der Waals surface area (Å²) >= 11 is 0. The molecule has 0 fully saturated rings. The van der Waals surface area contributed by atoms with E-state index in [9.17, 15) is 5.11 Å². The van der Waals surface area contributed by atoms with E-state index in [2.05, 4.69) is 5.92 Å². The molecule has 0 unspecified atom stereocenters. The fourth-order valence-corrected chi connectivity index (χ4v) is 0.961. The fourth-order valence-electron chi connectivity index (χ4n) is 0.961. The van der Waals surface area contributed by atoms with Crippen LogP contribution in [0.1, 0.15) is 18.1 Å². The molecule has 0 saturated heterocycles. The summed E-state index contributed by atoms with van der Waals surface area (Å²) in [7, 11) is 0. The molecule has 1 rings (SSSR count). The van der Waals surface area contributed by atoms with E-state index in [-0.39, 0.29) is 0 Å². The van der Waals surface area contributed by atoms with Crippen molar-refractivity contribution in [3.63, 3.8) is 0 Å². The van der Waals surface area contributed by atoms with Crippen molar-refractivity contribution in [3.8, 4) is 12.3 Å². The van der Waals surface area contributed by atoms with Gasteiger partial charge in [-0.25, -0.2) is 0 Å². The van der Waals surface area contributed by atoms with Crippen LogP contribution in [0, 0.1) is 19.3 Å². The van der Waals surface area contributed by atoms with Gasteiger partial charge in [0.15, 0.2) is 0 Å². The van der Waals surface area contributed by atoms with Gasteiger partial charge in [-0.05, 0) is 19.4 Å². The van der Waals surface area contributed by atoms with Gasteiger partial charge in [0.05, 0.1) is 0 Å². The van der Waals surface area contributed by atoms with Crippen molar-refractivity contribution in [2.75, 3.05) is 0 Å². The molecule has 62 valence electrons. The van der Waals surface area contributed by atoms with E-state index in [1.165, 1.54) is 0 Å². The van der Waals surface area contributed by atoms with Crippen LogP contribution in [0.5, 0.6) is 0 Å². The Morgan fingerprint density at radius 2 is 1.83 bits per heavy atom. The maximum Gasteiger partial charge on any atom is 0.147 e. The number of aryl methyl sites for hydroxylation is 1. The minimum Gasteiger partial charge on any atom is -0.374 e. The van der Waals surface area contributed by atoms with E-state index in [4.69, 9.17) is 6.42 Å². The number of hydrogen-bond acceptors (Lipinski definition) is 1. The lowest BCUT2D eigenvalue weighted by molar-refractivity contribution is 0.122. The van der Waals surface area contributed by atoms with Crippen LogP contribution in [0.25, 0.3) is 0 Å². The monoisotopic (exact) mass is 160 g/mol. The van der Waals surface area contributed by atoms with Gasteiger partial charge in [0.2, 0.25) is 0 Å². The van der Waals surface area contributed by atoms with Gasteiger partial charge in [-0.1, -0.05) is 35.7 Å². The SMILES string of the molecule is C#C[C@](C)(O)c1ccc(C)cc1. The molecule has 0 saturated carbocycles. The summed E-state index contributed by atoms with van der Waals surface area (Å²) in [6, 6.07) is 7.55. The highest BCUT2D eigenvalue weighted by Crippen LogP contribution is 2.19. The Kier molecular flexibility index (Phi) is 2.21. The fraction of sp³-hybridized carbons (Fsp3) is 0.273. The summed E-state index contributed by atoms with van der Waals surface area (Å²) in [6.45, 7) is 3.60. The zero-order valence-corrected chi connectivity index (χ0v) is 7.33. The second kappa shape index (κ2) is 3.00. The molecule has 0 spiro atoms. The van der Waals surface area contributed by atoms with Crippen LogP contribution in [-0.2, 0) is 5.60 Å². The molecule has 1 atom stereocenters. The van der Waals surface area contributed by atoms with E-state index < -0.39 is 5.60 Å². The van der Waals surface area contributed by atoms with Crippen LogP contribution in [0.2, 0.25) is 0 Å². The predicted molar refractivity (Wildman–Crippen MR) is 49.6 cm³/mol. The Morgan fingerprint density at radius 1 is 1.33 bits per heavy atom. The van der Waals surface area contributed by atoms with Gasteiger partial charge in [-0.2, -0.15) is 0 Å². The quantitative estimate of drug-likeness (QED) is 0.621. The number of aliphatic hydroxyl groups is 1. The van der Waals surface area contributed by atoms with E-state index in [1.54, 1.807) is 6.92 Å². The van der Waals surface area contributed by atoms with Crippen molar-refractivity contribution in [1.29, 1.82) is 0 Å². The Bertz CT molecular complexity index is 301. The van der Waals surface area contributed by atoms with Gasteiger partial charge >= 0.3 is 0 Å². The van der Waals surface area contributed by atoms with Crippen molar-refractivity contribution < 1.29 is 5.11 Å². The molecule has 1 aromatic carbocycles. The zero-order valence-electron chi connectivity index (χ0n) is 7.33. The summed E-state index contributed by atoms with van der Waals surface area (Å²) in [5.41, 5.74) is 0.774. The van der Waals surface area contributed by atoms with Crippen LogP contribution < -0.4 is 0 Å². The van der Waals surface area contributed by atoms with Crippen molar-refractivity contribution in [2.24, 2.45) is 0 Å². The van der Waals surface area contributed by atoms with Crippen LogP contribution in [0.15, 0.2) is 24.3 Å². The summed E-state index contributed by atoms with van der Waals surface area (Å²) in [6.07, 6.45) is 5.18. The molecule has 0 radical (unpaired) electrons. The molecule has 1 nitrogen and oxygen atoms in total. The first-order valence-corrected chi connectivity index (χ1v) is 3.83. The molecule has 0 aliphatic rings. The smallest absolute Gasteiger partial charge is 0.147 e. The average Bonchev–Trinajstić information content (AvgIpc) is 2.05. The van der Waals surface area contributed by atoms with Gasteiger partial charge in [0.1, 0.15) is 5.60 Å². The molecule has 1 aromatic rings. The third-order valence-corrected chi connectivity index (χ3v) is 1.89.